The van der Waals surface area contributed by atoms with Crippen LogP contribution in [0.4, 0.5) is 0 Å². The SMILES string of the molecule is CCS(=O)(=O)CCCC(C)C(C)N. The summed E-state index contributed by atoms with van der Waals surface area (Å²) < 4.78 is 22.2. The monoisotopic (exact) mass is 207 g/mol. The minimum absolute atomic E-state index is 0.157. The highest BCUT2D eigenvalue weighted by molar-refractivity contribution is 7.91. The molecule has 0 aliphatic rings. The molecule has 0 radical (unpaired) electrons. The van der Waals surface area contributed by atoms with Gasteiger partial charge in [-0.05, 0) is 25.7 Å². The smallest absolute Gasteiger partial charge is 0.150 e. The van der Waals surface area contributed by atoms with Gasteiger partial charge in [0, 0.05) is 11.8 Å². The van der Waals surface area contributed by atoms with Crippen molar-refractivity contribution in [3.63, 3.8) is 0 Å². The van der Waals surface area contributed by atoms with Gasteiger partial charge in [0.25, 0.3) is 0 Å². The number of hydrogen-bond acceptors (Lipinski definition) is 3. The second kappa shape index (κ2) is 5.60. The van der Waals surface area contributed by atoms with Gasteiger partial charge in [0.2, 0.25) is 0 Å². The zero-order chi connectivity index (χ0) is 10.5. The van der Waals surface area contributed by atoms with E-state index in [1.165, 1.54) is 0 Å². The molecule has 0 saturated heterocycles. The van der Waals surface area contributed by atoms with E-state index in [4.69, 9.17) is 5.73 Å². The lowest BCUT2D eigenvalue weighted by Crippen LogP contribution is -2.24. The van der Waals surface area contributed by atoms with Crippen LogP contribution in [-0.4, -0.2) is 26.0 Å². The van der Waals surface area contributed by atoms with Gasteiger partial charge < -0.3 is 5.73 Å². The van der Waals surface area contributed by atoms with Crippen LogP contribution >= 0.6 is 0 Å². The Morgan fingerprint density at radius 3 is 2.23 bits per heavy atom. The van der Waals surface area contributed by atoms with Crippen LogP contribution in [0.25, 0.3) is 0 Å². The third-order valence-corrected chi connectivity index (χ3v) is 4.24. The summed E-state index contributed by atoms with van der Waals surface area (Å²) in [4.78, 5) is 0. The summed E-state index contributed by atoms with van der Waals surface area (Å²) >= 11 is 0. The minimum atomic E-state index is -2.78. The molecule has 4 heteroatoms. The highest BCUT2D eigenvalue weighted by Gasteiger charge is 2.10. The molecule has 2 N–H and O–H groups in total. The molecule has 0 spiro atoms. The van der Waals surface area contributed by atoms with Crippen LogP contribution in [-0.2, 0) is 9.84 Å². The summed E-state index contributed by atoms with van der Waals surface area (Å²) in [5, 5.41) is 0. The number of hydrogen-bond donors (Lipinski definition) is 1. The summed E-state index contributed by atoms with van der Waals surface area (Å²) in [7, 11) is -2.78. The van der Waals surface area contributed by atoms with Crippen molar-refractivity contribution in [2.24, 2.45) is 11.7 Å². The lowest BCUT2D eigenvalue weighted by atomic mass is 9.99. The van der Waals surface area contributed by atoms with Gasteiger partial charge in [-0.25, -0.2) is 8.42 Å². The van der Waals surface area contributed by atoms with Crippen LogP contribution in [0.15, 0.2) is 0 Å². The Kier molecular flexibility index (Phi) is 5.56. The molecule has 0 saturated carbocycles. The quantitative estimate of drug-likeness (QED) is 0.711. The topological polar surface area (TPSA) is 60.2 Å². The first-order valence-corrected chi connectivity index (χ1v) is 6.67. The largest absolute Gasteiger partial charge is 0.328 e. The van der Waals surface area contributed by atoms with Crippen LogP contribution < -0.4 is 5.73 Å². The van der Waals surface area contributed by atoms with E-state index in [0.29, 0.717) is 11.7 Å². The van der Waals surface area contributed by atoms with Gasteiger partial charge in [0.05, 0.1) is 5.75 Å². The normalized spacial score (nSPS) is 16.9. The van der Waals surface area contributed by atoms with Crippen LogP contribution in [0.3, 0.4) is 0 Å². The van der Waals surface area contributed by atoms with Gasteiger partial charge in [-0.2, -0.15) is 0 Å². The fourth-order valence-electron chi connectivity index (χ4n) is 1.03. The molecule has 0 rings (SSSR count). The predicted octanol–water partition coefficient (Wildman–Crippen LogP) is 1.18. The first-order chi connectivity index (χ1) is 5.89. The Morgan fingerprint density at radius 2 is 1.85 bits per heavy atom. The summed E-state index contributed by atoms with van der Waals surface area (Å²) in [6.07, 6.45) is 1.63. The Morgan fingerprint density at radius 1 is 1.31 bits per heavy atom. The maximum atomic E-state index is 11.1. The molecule has 0 heterocycles. The standard InChI is InChI=1S/C9H21NO2S/c1-4-13(11,12)7-5-6-8(2)9(3)10/h8-9H,4-7,10H2,1-3H3. The second-order valence-corrected chi connectivity index (χ2v) is 6.19. The van der Waals surface area contributed by atoms with Crippen LogP contribution in [0.5, 0.6) is 0 Å². The highest BCUT2D eigenvalue weighted by atomic mass is 32.2. The number of sulfone groups is 1. The average Bonchev–Trinajstić information content (AvgIpc) is 2.04. The van der Waals surface area contributed by atoms with Crippen LogP contribution in [0.2, 0.25) is 0 Å². The second-order valence-electron chi connectivity index (χ2n) is 3.71. The van der Waals surface area contributed by atoms with Crippen molar-refractivity contribution in [2.75, 3.05) is 11.5 Å². The highest BCUT2D eigenvalue weighted by Crippen LogP contribution is 2.09. The Bertz CT molecular complexity index is 222. The zero-order valence-electron chi connectivity index (χ0n) is 8.79. The van der Waals surface area contributed by atoms with Crippen LogP contribution in [0, 0.1) is 5.92 Å². The number of rotatable bonds is 6. The van der Waals surface area contributed by atoms with E-state index in [1.54, 1.807) is 6.92 Å². The molecule has 2 unspecified atom stereocenters. The van der Waals surface area contributed by atoms with Gasteiger partial charge in [0.1, 0.15) is 9.84 Å². The molecule has 3 nitrogen and oxygen atoms in total. The van der Waals surface area contributed by atoms with Crippen molar-refractivity contribution in [1.82, 2.24) is 0 Å². The Hall–Kier alpha value is -0.0900. The first kappa shape index (κ1) is 12.9. The van der Waals surface area contributed by atoms with Crippen LogP contribution in [0.1, 0.15) is 33.6 Å². The molecule has 0 aromatic carbocycles. The molecule has 0 aliphatic carbocycles. The molecule has 0 aliphatic heterocycles. The molecule has 0 fully saturated rings. The molecule has 0 bridgehead atoms. The van der Waals surface area contributed by atoms with Gasteiger partial charge >= 0.3 is 0 Å². The van der Waals surface area contributed by atoms with Gasteiger partial charge in [0.15, 0.2) is 0 Å². The maximum absolute atomic E-state index is 11.1. The Balaban J connectivity index is 3.69. The summed E-state index contributed by atoms with van der Waals surface area (Å²) in [5.74, 6) is 0.965. The average molecular weight is 207 g/mol. The Labute approximate surface area is 81.6 Å². The fraction of sp³-hybridized carbons (Fsp3) is 1.00. The molecule has 2 atom stereocenters. The molecule has 13 heavy (non-hydrogen) atoms. The zero-order valence-corrected chi connectivity index (χ0v) is 9.60. The molecular formula is C9H21NO2S. The van der Waals surface area contributed by atoms with E-state index in [9.17, 15) is 8.42 Å². The van der Waals surface area contributed by atoms with Gasteiger partial charge in [-0.1, -0.05) is 13.8 Å². The van der Waals surface area contributed by atoms with Crippen molar-refractivity contribution < 1.29 is 8.42 Å². The first-order valence-electron chi connectivity index (χ1n) is 4.85. The van der Waals surface area contributed by atoms with E-state index in [2.05, 4.69) is 6.92 Å². The van der Waals surface area contributed by atoms with E-state index >= 15 is 0 Å². The van der Waals surface area contributed by atoms with E-state index in [0.717, 1.165) is 12.8 Å². The van der Waals surface area contributed by atoms with E-state index in [1.807, 2.05) is 6.92 Å². The van der Waals surface area contributed by atoms with Gasteiger partial charge in [-0.3, -0.25) is 0 Å². The third kappa shape index (κ3) is 6.05. The van der Waals surface area contributed by atoms with Crippen molar-refractivity contribution in [3.8, 4) is 0 Å². The summed E-state index contributed by atoms with van der Waals surface area (Å²) in [5.41, 5.74) is 5.67. The molecule has 0 amide bonds. The molecule has 0 aromatic heterocycles. The lowest BCUT2D eigenvalue weighted by molar-refractivity contribution is 0.445. The maximum Gasteiger partial charge on any atom is 0.150 e. The minimum Gasteiger partial charge on any atom is -0.328 e. The predicted molar refractivity (Wildman–Crippen MR) is 56.4 cm³/mol. The van der Waals surface area contributed by atoms with Crippen molar-refractivity contribution in [3.05, 3.63) is 0 Å². The summed E-state index contributed by atoms with van der Waals surface area (Å²) in [6, 6.07) is 0.157. The number of nitrogens with two attached hydrogens (primary N) is 1. The van der Waals surface area contributed by atoms with Crippen molar-refractivity contribution in [1.29, 1.82) is 0 Å². The summed E-state index contributed by atoms with van der Waals surface area (Å²) in [6.45, 7) is 5.70. The molecule has 0 aromatic rings. The van der Waals surface area contributed by atoms with Gasteiger partial charge in [-0.15, -0.1) is 0 Å². The van der Waals surface area contributed by atoms with E-state index < -0.39 is 9.84 Å². The van der Waals surface area contributed by atoms with Crippen molar-refractivity contribution >= 4 is 9.84 Å². The third-order valence-electron chi connectivity index (χ3n) is 2.45. The fourth-order valence-corrected chi connectivity index (χ4v) is 1.93. The molecule has 80 valence electrons. The van der Waals surface area contributed by atoms with E-state index in [-0.39, 0.29) is 11.8 Å². The van der Waals surface area contributed by atoms with Crippen molar-refractivity contribution in [2.45, 2.75) is 39.7 Å². The lowest BCUT2D eigenvalue weighted by Gasteiger charge is -2.14. The molecular weight excluding hydrogens is 186 g/mol.